The Kier molecular flexibility index (Phi) is 2.70. The number of hydrogen-bond donors (Lipinski definition) is 0. The van der Waals surface area contributed by atoms with Crippen LogP contribution in [0.5, 0.6) is 11.5 Å². The molecule has 0 N–H and O–H groups in total. The molecule has 2 heterocycles. The van der Waals surface area contributed by atoms with Crippen molar-refractivity contribution in [3.05, 3.63) is 23.8 Å². The van der Waals surface area contributed by atoms with E-state index in [0.29, 0.717) is 6.79 Å². The van der Waals surface area contributed by atoms with Crippen LogP contribution in [0.2, 0.25) is 0 Å². The van der Waals surface area contributed by atoms with Crippen LogP contribution in [0.1, 0.15) is 18.4 Å². The van der Waals surface area contributed by atoms with Crippen molar-refractivity contribution in [2.75, 3.05) is 26.4 Å². The van der Waals surface area contributed by atoms with Gasteiger partial charge in [-0.25, -0.2) is 0 Å². The molecule has 0 saturated carbocycles. The van der Waals surface area contributed by atoms with Gasteiger partial charge in [0.1, 0.15) is 0 Å². The molecule has 0 radical (unpaired) electrons. The summed E-state index contributed by atoms with van der Waals surface area (Å²) in [5, 5.41) is 0. The lowest BCUT2D eigenvalue weighted by atomic mass is 10.1. The molecule has 0 unspecified atom stereocenters. The third-order valence-corrected chi connectivity index (χ3v) is 3.37. The van der Waals surface area contributed by atoms with Crippen LogP contribution in [-0.4, -0.2) is 31.3 Å². The quantitative estimate of drug-likeness (QED) is 0.776. The molecule has 0 aromatic heterocycles. The minimum absolute atomic E-state index is 0.371. The van der Waals surface area contributed by atoms with Gasteiger partial charge in [0.15, 0.2) is 11.5 Å². The zero-order chi connectivity index (χ0) is 10.8. The number of rotatable bonds is 3. The monoisotopic (exact) mass is 219 g/mol. The Morgan fingerprint density at radius 2 is 2.00 bits per heavy atom. The molecule has 0 spiro atoms. The second-order valence-corrected chi connectivity index (χ2v) is 4.45. The van der Waals surface area contributed by atoms with Crippen molar-refractivity contribution < 1.29 is 9.47 Å². The van der Waals surface area contributed by atoms with Crippen molar-refractivity contribution in [2.24, 2.45) is 0 Å². The molecular formula is C13H17NO2. The third-order valence-electron chi connectivity index (χ3n) is 3.37. The SMILES string of the molecule is c1cc(CCN2CCCC2)c2c(c1)OCO2. The van der Waals surface area contributed by atoms with E-state index < -0.39 is 0 Å². The summed E-state index contributed by atoms with van der Waals surface area (Å²) < 4.78 is 10.9. The van der Waals surface area contributed by atoms with Gasteiger partial charge in [-0.2, -0.15) is 0 Å². The number of para-hydroxylation sites is 1. The number of hydrogen-bond acceptors (Lipinski definition) is 3. The van der Waals surface area contributed by atoms with Crippen molar-refractivity contribution >= 4 is 0 Å². The first-order valence-corrected chi connectivity index (χ1v) is 6.03. The molecule has 3 nitrogen and oxygen atoms in total. The van der Waals surface area contributed by atoms with Gasteiger partial charge in [-0.1, -0.05) is 12.1 Å². The molecule has 0 atom stereocenters. The highest BCUT2D eigenvalue weighted by molar-refractivity contribution is 5.48. The maximum atomic E-state index is 5.50. The molecule has 1 aromatic carbocycles. The number of benzene rings is 1. The van der Waals surface area contributed by atoms with Crippen LogP contribution in [-0.2, 0) is 6.42 Å². The van der Waals surface area contributed by atoms with E-state index in [9.17, 15) is 0 Å². The highest BCUT2D eigenvalue weighted by Gasteiger charge is 2.18. The van der Waals surface area contributed by atoms with Crippen molar-refractivity contribution in [3.8, 4) is 11.5 Å². The van der Waals surface area contributed by atoms with Crippen LogP contribution < -0.4 is 9.47 Å². The molecular weight excluding hydrogens is 202 g/mol. The van der Waals surface area contributed by atoms with E-state index in [1.54, 1.807) is 0 Å². The van der Waals surface area contributed by atoms with E-state index in [1.165, 1.54) is 31.5 Å². The minimum atomic E-state index is 0.371. The first-order chi connectivity index (χ1) is 7.93. The minimum Gasteiger partial charge on any atom is -0.454 e. The maximum Gasteiger partial charge on any atom is 0.231 e. The predicted molar refractivity (Wildman–Crippen MR) is 61.9 cm³/mol. The van der Waals surface area contributed by atoms with Crippen molar-refractivity contribution in [2.45, 2.75) is 19.3 Å². The Morgan fingerprint density at radius 1 is 1.12 bits per heavy atom. The van der Waals surface area contributed by atoms with Crippen LogP contribution >= 0.6 is 0 Å². The van der Waals surface area contributed by atoms with E-state index in [-0.39, 0.29) is 0 Å². The number of likely N-dealkylation sites (tertiary alicyclic amines) is 1. The van der Waals surface area contributed by atoms with Gasteiger partial charge >= 0.3 is 0 Å². The fourth-order valence-corrected chi connectivity index (χ4v) is 2.47. The van der Waals surface area contributed by atoms with Gasteiger partial charge in [-0.15, -0.1) is 0 Å². The van der Waals surface area contributed by atoms with Crippen LogP contribution in [0.3, 0.4) is 0 Å². The first-order valence-electron chi connectivity index (χ1n) is 6.03. The van der Waals surface area contributed by atoms with Crippen LogP contribution in [0.25, 0.3) is 0 Å². The third kappa shape index (κ3) is 1.87. The van der Waals surface area contributed by atoms with Gasteiger partial charge in [-0.3, -0.25) is 0 Å². The summed E-state index contributed by atoms with van der Waals surface area (Å²) in [7, 11) is 0. The zero-order valence-corrected chi connectivity index (χ0v) is 9.45. The molecule has 16 heavy (non-hydrogen) atoms. The Bertz CT molecular complexity index is 372. The Labute approximate surface area is 96.0 Å². The average Bonchev–Trinajstić information content (AvgIpc) is 2.97. The maximum absolute atomic E-state index is 5.50. The van der Waals surface area contributed by atoms with Crippen LogP contribution in [0.15, 0.2) is 18.2 Å². The summed E-state index contributed by atoms with van der Waals surface area (Å²) >= 11 is 0. The van der Waals surface area contributed by atoms with E-state index in [0.717, 1.165) is 24.5 Å². The summed E-state index contributed by atoms with van der Waals surface area (Å²) in [4.78, 5) is 2.52. The topological polar surface area (TPSA) is 21.7 Å². The Hall–Kier alpha value is -1.22. The van der Waals surface area contributed by atoms with Gasteiger partial charge in [-0.05, 0) is 44.0 Å². The van der Waals surface area contributed by atoms with Crippen LogP contribution in [0.4, 0.5) is 0 Å². The first kappa shape index (κ1) is 9.97. The highest BCUT2D eigenvalue weighted by Crippen LogP contribution is 2.35. The lowest BCUT2D eigenvalue weighted by molar-refractivity contribution is 0.173. The lowest BCUT2D eigenvalue weighted by Crippen LogP contribution is -2.22. The molecule has 86 valence electrons. The lowest BCUT2D eigenvalue weighted by Gasteiger charge is -2.14. The molecule has 3 rings (SSSR count). The van der Waals surface area contributed by atoms with E-state index in [1.807, 2.05) is 12.1 Å². The second kappa shape index (κ2) is 4.34. The number of nitrogens with zero attached hydrogens (tertiary/aromatic N) is 1. The van der Waals surface area contributed by atoms with E-state index >= 15 is 0 Å². The van der Waals surface area contributed by atoms with Crippen LogP contribution in [0, 0.1) is 0 Å². The number of ether oxygens (including phenoxy) is 2. The molecule has 1 fully saturated rings. The van der Waals surface area contributed by atoms with Crippen molar-refractivity contribution in [3.63, 3.8) is 0 Å². The fraction of sp³-hybridized carbons (Fsp3) is 0.538. The average molecular weight is 219 g/mol. The largest absolute Gasteiger partial charge is 0.454 e. The molecule has 2 aliphatic rings. The van der Waals surface area contributed by atoms with Gasteiger partial charge < -0.3 is 14.4 Å². The summed E-state index contributed by atoms with van der Waals surface area (Å²) in [5.41, 5.74) is 1.28. The van der Waals surface area contributed by atoms with Gasteiger partial charge in [0.2, 0.25) is 6.79 Å². The summed E-state index contributed by atoms with van der Waals surface area (Å²) in [6.45, 7) is 4.02. The summed E-state index contributed by atoms with van der Waals surface area (Å²) in [6.07, 6.45) is 3.77. The molecule has 0 bridgehead atoms. The number of fused-ring (bicyclic) bond motifs is 1. The zero-order valence-electron chi connectivity index (χ0n) is 9.45. The summed E-state index contributed by atoms with van der Waals surface area (Å²) in [6, 6.07) is 6.16. The van der Waals surface area contributed by atoms with Gasteiger partial charge in [0, 0.05) is 6.54 Å². The standard InChI is InChI=1S/C13H17NO2/c1-2-8-14(7-1)9-6-11-4-3-5-12-13(11)16-10-15-12/h3-5H,1-2,6-10H2. The summed E-state index contributed by atoms with van der Waals surface area (Å²) in [5.74, 6) is 1.86. The van der Waals surface area contributed by atoms with Gasteiger partial charge in [0.25, 0.3) is 0 Å². The Balaban J connectivity index is 1.67. The molecule has 2 aliphatic heterocycles. The molecule has 1 saturated heterocycles. The predicted octanol–water partition coefficient (Wildman–Crippen LogP) is 2.05. The molecule has 0 amide bonds. The van der Waals surface area contributed by atoms with Crippen molar-refractivity contribution in [1.82, 2.24) is 4.90 Å². The Morgan fingerprint density at radius 3 is 2.88 bits per heavy atom. The fourth-order valence-electron chi connectivity index (χ4n) is 2.47. The van der Waals surface area contributed by atoms with E-state index in [4.69, 9.17) is 9.47 Å². The van der Waals surface area contributed by atoms with E-state index in [2.05, 4.69) is 11.0 Å². The molecule has 1 aromatic rings. The molecule has 0 aliphatic carbocycles. The normalized spacial score (nSPS) is 19.2. The molecule has 3 heteroatoms. The smallest absolute Gasteiger partial charge is 0.231 e. The van der Waals surface area contributed by atoms with Crippen molar-refractivity contribution in [1.29, 1.82) is 0 Å². The van der Waals surface area contributed by atoms with Gasteiger partial charge in [0.05, 0.1) is 0 Å². The second-order valence-electron chi connectivity index (χ2n) is 4.45. The highest BCUT2D eigenvalue weighted by atomic mass is 16.7.